The van der Waals surface area contributed by atoms with Gasteiger partial charge in [-0.15, -0.1) is 0 Å². The lowest BCUT2D eigenvalue weighted by molar-refractivity contribution is 0.669. The van der Waals surface area contributed by atoms with Gasteiger partial charge in [-0.1, -0.05) is 152 Å². The number of hydrogen-bond acceptors (Lipinski definition) is 3. The second kappa shape index (κ2) is 12.9. The highest BCUT2D eigenvalue weighted by molar-refractivity contribution is 6.19. The van der Waals surface area contributed by atoms with E-state index in [2.05, 4.69) is 170 Å². The van der Waals surface area contributed by atoms with Crippen LogP contribution in [0.15, 0.2) is 199 Å². The molecule has 0 saturated heterocycles. The van der Waals surface area contributed by atoms with E-state index in [4.69, 9.17) is 14.4 Å². The normalized spacial score (nSPS) is 11.4. The van der Waals surface area contributed by atoms with E-state index in [1.807, 2.05) is 24.3 Å². The molecule has 53 heavy (non-hydrogen) atoms. The highest BCUT2D eigenvalue weighted by Gasteiger charge is 2.16. The minimum absolute atomic E-state index is 0.688. The Hall–Kier alpha value is -7.10. The molecule has 0 unspecified atom stereocenters. The fourth-order valence-electron chi connectivity index (χ4n) is 7.39. The summed E-state index contributed by atoms with van der Waals surface area (Å²) in [6.45, 7) is 0. The quantitative estimate of drug-likeness (QED) is 0.176. The molecule has 248 valence electrons. The fourth-order valence-corrected chi connectivity index (χ4v) is 7.39. The first-order valence-electron chi connectivity index (χ1n) is 17.9. The topological polar surface area (TPSA) is 38.9 Å². The molecule has 0 aliphatic carbocycles. The Balaban J connectivity index is 1.14. The molecule has 3 nitrogen and oxygen atoms in total. The monoisotopic (exact) mass is 676 g/mol. The molecule has 10 aromatic rings. The van der Waals surface area contributed by atoms with Crippen LogP contribution in [0.2, 0.25) is 0 Å². The Kier molecular flexibility index (Phi) is 7.47. The molecule has 10 rings (SSSR count). The van der Waals surface area contributed by atoms with Crippen LogP contribution in [-0.4, -0.2) is 9.97 Å². The molecule has 0 N–H and O–H groups in total. The summed E-state index contributed by atoms with van der Waals surface area (Å²) in [7, 11) is 0. The van der Waals surface area contributed by atoms with Crippen LogP contribution in [0, 0.1) is 0 Å². The zero-order chi connectivity index (χ0) is 35.1. The summed E-state index contributed by atoms with van der Waals surface area (Å²) in [6, 6.07) is 68.0. The van der Waals surface area contributed by atoms with Crippen LogP contribution in [0.3, 0.4) is 0 Å². The molecule has 2 aromatic heterocycles. The van der Waals surface area contributed by atoms with E-state index in [1.54, 1.807) is 0 Å². The average molecular weight is 677 g/mol. The van der Waals surface area contributed by atoms with Crippen LogP contribution < -0.4 is 0 Å². The SMILES string of the molecule is c1ccc(-c2ccc(-c3cc(-c4cc(-c5ccccc5)cc(-c5ccc6c(c5)oc5ccc7ccccc7c56)c4)nc(-c4ccccc4)n3)cc2)cc1. The third-order valence-corrected chi connectivity index (χ3v) is 10.1. The van der Waals surface area contributed by atoms with Crippen molar-refractivity contribution in [2.45, 2.75) is 0 Å². The first-order valence-corrected chi connectivity index (χ1v) is 17.9. The summed E-state index contributed by atoms with van der Waals surface area (Å²) >= 11 is 0. The summed E-state index contributed by atoms with van der Waals surface area (Å²) in [6.07, 6.45) is 0. The molecule has 0 atom stereocenters. The van der Waals surface area contributed by atoms with Crippen LogP contribution in [0.1, 0.15) is 0 Å². The van der Waals surface area contributed by atoms with Crippen molar-refractivity contribution in [3.8, 4) is 67.3 Å². The van der Waals surface area contributed by atoms with Crippen LogP contribution in [0.4, 0.5) is 0 Å². The van der Waals surface area contributed by atoms with Gasteiger partial charge >= 0.3 is 0 Å². The molecule has 0 aliphatic heterocycles. The third-order valence-electron chi connectivity index (χ3n) is 10.1. The minimum atomic E-state index is 0.688. The van der Waals surface area contributed by atoms with Gasteiger partial charge in [-0.2, -0.15) is 0 Å². The van der Waals surface area contributed by atoms with Crippen molar-refractivity contribution in [2.24, 2.45) is 0 Å². The predicted octanol–water partition coefficient (Wildman–Crippen LogP) is 13.5. The van der Waals surface area contributed by atoms with Gasteiger partial charge in [0.15, 0.2) is 5.82 Å². The van der Waals surface area contributed by atoms with Gasteiger partial charge in [0.1, 0.15) is 11.2 Å². The number of furan rings is 1. The molecule has 0 aliphatic rings. The van der Waals surface area contributed by atoms with E-state index in [0.717, 1.165) is 72.3 Å². The summed E-state index contributed by atoms with van der Waals surface area (Å²) in [5, 5.41) is 4.68. The van der Waals surface area contributed by atoms with Gasteiger partial charge in [-0.05, 0) is 86.6 Å². The maximum atomic E-state index is 6.50. The minimum Gasteiger partial charge on any atom is -0.456 e. The van der Waals surface area contributed by atoms with E-state index < -0.39 is 0 Å². The standard InChI is InChI=1S/C50H32N2O/c1-4-12-33(13-5-1)35-20-22-37(23-21-35)45-32-46(52-50(51-45)38-17-8-3-9-18-38)42-29-40(34-14-6-2-7-15-34)28-41(30-42)39-24-26-44-48(31-39)53-47-27-25-36-16-10-11-19-43(36)49(44)47/h1-32H. The van der Waals surface area contributed by atoms with E-state index in [9.17, 15) is 0 Å². The van der Waals surface area contributed by atoms with Crippen molar-refractivity contribution in [1.82, 2.24) is 9.97 Å². The lowest BCUT2D eigenvalue weighted by atomic mass is 9.94. The van der Waals surface area contributed by atoms with Crippen LogP contribution >= 0.6 is 0 Å². The molecule has 0 radical (unpaired) electrons. The first-order chi connectivity index (χ1) is 26.2. The molecule has 3 heteroatoms. The van der Waals surface area contributed by atoms with Gasteiger partial charge in [0.2, 0.25) is 0 Å². The molecule has 0 saturated carbocycles. The maximum absolute atomic E-state index is 6.50. The van der Waals surface area contributed by atoms with Crippen molar-refractivity contribution >= 4 is 32.7 Å². The smallest absolute Gasteiger partial charge is 0.160 e. The largest absolute Gasteiger partial charge is 0.456 e. The molecular weight excluding hydrogens is 645 g/mol. The number of rotatable bonds is 6. The maximum Gasteiger partial charge on any atom is 0.160 e. The number of benzene rings is 8. The highest BCUT2D eigenvalue weighted by atomic mass is 16.3. The van der Waals surface area contributed by atoms with Crippen LogP contribution in [0.5, 0.6) is 0 Å². The van der Waals surface area contributed by atoms with E-state index in [0.29, 0.717) is 5.82 Å². The van der Waals surface area contributed by atoms with Crippen molar-refractivity contribution < 1.29 is 4.42 Å². The summed E-state index contributed by atoms with van der Waals surface area (Å²) in [5.74, 6) is 0.688. The zero-order valence-electron chi connectivity index (χ0n) is 28.8. The van der Waals surface area contributed by atoms with Gasteiger partial charge in [0.25, 0.3) is 0 Å². The lowest BCUT2D eigenvalue weighted by Gasteiger charge is -2.13. The van der Waals surface area contributed by atoms with Crippen LogP contribution in [-0.2, 0) is 0 Å². The van der Waals surface area contributed by atoms with E-state index in [-0.39, 0.29) is 0 Å². The van der Waals surface area contributed by atoms with Gasteiger partial charge in [0.05, 0.1) is 11.4 Å². The Bertz CT molecular complexity index is 2910. The Labute approximate surface area is 307 Å². The molecule has 2 heterocycles. The second-order valence-electron chi connectivity index (χ2n) is 13.4. The van der Waals surface area contributed by atoms with E-state index >= 15 is 0 Å². The zero-order valence-corrected chi connectivity index (χ0v) is 28.8. The number of hydrogen-bond donors (Lipinski definition) is 0. The van der Waals surface area contributed by atoms with Crippen molar-refractivity contribution in [1.29, 1.82) is 0 Å². The van der Waals surface area contributed by atoms with Gasteiger partial charge in [-0.25, -0.2) is 9.97 Å². The summed E-state index contributed by atoms with van der Waals surface area (Å²) < 4.78 is 6.50. The molecule has 0 spiro atoms. The number of fused-ring (bicyclic) bond motifs is 5. The Morgan fingerprint density at radius 1 is 0.302 bits per heavy atom. The lowest BCUT2D eigenvalue weighted by Crippen LogP contribution is -1.96. The first kappa shape index (κ1) is 30.7. The Morgan fingerprint density at radius 2 is 0.830 bits per heavy atom. The summed E-state index contributed by atoms with van der Waals surface area (Å²) in [4.78, 5) is 10.3. The second-order valence-corrected chi connectivity index (χ2v) is 13.4. The summed E-state index contributed by atoms with van der Waals surface area (Å²) in [5.41, 5.74) is 13.3. The predicted molar refractivity (Wildman–Crippen MR) is 219 cm³/mol. The van der Waals surface area contributed by atoms with Crippen molar-refractivity contribution in [2.75, 3.05) is 0 Å². The van der Waals surface area contributed by atoms with Gasteiger partial charge < -0.3 is 4.42 Å². The highest BCUT2D eigenvalue weighted by Crippen LogP contribution is 2.39. The molecule has 0 amide bonds. The average Bonchev–Trinajstić information content (AvgIpc) is 3.63. The molecule has 0 bridgehead atoms. The van der Waals surface area contributed by atoms with Gasteiger partial charge in [0, 0.05) is 27.5 Å². The molecule has 0 fully saturated rings. The van der Waals surface area contributed by atoms with Crippen molar-refractivity contribution in [3.05, 3.63) is 194 Å². The fraction of sp³-hybridized carbons (Fsp3) is 0. The number of aromatic nitrogens is 2. The van der Waals surface area contributed by atoms with Crippen LogP contribution in [0.25, 0.3) is 100.0 Å². The molecular formula is C50H32N2O. The Morgan fingerprint density at radius 3 is 1.55 bits per heavy atom. The van der Waals surface area contributed by atoms with E-state index in [1.165, 1.54) is 21.9 Å². The number of nitrogens with zero attached hydrogens (tertiary/aromatic N) is 2. The van der Waals surface area contributed by atoms with Crippen molar-refractivity contribution in [3.63, 3.8) is 0 Å². The van der Waals surface area contributed by atoms with Gasteiger partial charge in [-0.3, -0.25) is 0 Å². The third kappa shape index (κ3) is 5.75. The molecule has 8 aromatic carbocycles.